The first-order valence-corrected chi connectivity index (χ1v) is 8.07. The van der Waals surface area contributed by atoms with E-state index in [1.165, 1.54) is 43.2 Å². The number of hydrogen-bond donors (Lipinski definition) is 1. The lowest BCUT2D eigenvalue weighted by molar-refractivity contribution is 0.191. The predicted octanol–water partition coefficient (Wildman–Crippen LogP) is 3.44. The van der Waals surface area contributed by atoms with Crippen molar-refractivity contribution in [2.45, 2.75) is 44.4 Å². The molecule has 1 aliphatic carbocycles. The molecule has 0 saturated heterocycles. The summed E-state index contributed by atoms with van der Waals surface area (Å²) in [7, 11) is 3.53. The summed E-state index contributed by atoms with van der Waals surface area (Å²) in [5.74, 6) is 1.04. The van der Waals surface area contributed by atoms with Gasteiger partial charge in [-0.3, -0.25) is 0 Å². The fourth-order valence-corrected chi connectivity index (χ4v) is 3.51. The van der Waals surface area contributed by atoms with E-state index >= 15 is 0 Å². The van der Waals surface area contributed by atoms with Crippen molar-refractivity contribution in [2.75, 3.05) is 33.9 Å². The number of hydrogen-bond acceptors (Lipinski definition) is 3. The first-order chi connectivity index (χ1) is 10.2. The summed E-state index contributed by atoms with van der Waals surface area (Å²) >= 11 is 0. The van der Waals surface area contributed by atoms with Gasteiger partial charge < -0.3 is 14.8 Å². The zero-order valence-corrected chi connectivity index (χ0v) is 13.7. The topological polar surface area (TPSA) is 30.5 Å². The van der Waals surface area contributed by atoms with Crippen molar-refractivity contribution in [3.05, 3.63) is 29.3 Å². The van der Waals surface area contributed by atoms with E-state index in [9.17, 15) is 0 Å². The van der Waals surface area contributed by atoms with Gasteiger partial charge in [0, 0.05) is 31.2 Å². The molecule has 0 unspecified atom stereocenters. The summed E-state index contributed by atoms with van der Waals surface area (Å²) in [6.45, 7) is 4.85. The van der Waals surface area contributed by atoms with Crippen LogP contribution in [0.3, 0.4) is 0 Å². The minimum absolute atomic E-state index is 0.212. The van der Waals surface area contributed by atoms with Crippen LogP contribution in [-0.4, -0.2) is 33.9 Å². The van der Waals surface area contributed by atoms with Crippen LogP contribution in [0.2, 0.25) is 0 Å². The molecule has 0 amide bonds. The minimum atomic E-state index is 0.212. The Balaban J connectivity index is 2.24. The predicted molar refractivity (Wildman–Crippen MR) is 87.2 cm³/mol. The maximum Gasteiger partial charge on any atom is 0.122 e. The van der Waals surface area contributed by atoms with Crippen molar-refractivity contribution < 1.29 is 9.47 Å². The summed E-state index contributed by atoms with van der Waals surface area (Å²) in [5.41, 5.74) is 2.91. The Bertz CT molecular complexity index is 439. The van der Waals surface area contributed by atoms with Gasteiger partial charge in [-0.1, -0.05) is 37.0 Å². The molecule has 3 heteroatoms. The van der Waals surface area contributed by atoms with E-state index in [1.807, 2.05) is 0 Å². The van der Waals surface area contributed by atoms with Crippen molar-refractivity contribution in [3.63, 3.8) is 0 Å². The minimum Gasteiger partial charge on any atom is -0.496 e. The van der Waals surface area contributed by atoms with Crippen LogP contribution in [0.25, 0.3) is 0 Å². The molecule has 118 valence electrons. The van der Waals surface area contributed by atoms with Crippen molar-refractivity contribution in [2.24, 2.45) is 0 Å². The van der Waals surface area contributed by atoms with Crippen molar-refractivity contribution in [1.82, 2.24) is 5.32 Å². The normalized spacial score (nSPS) is 17.7. The van der Waals surface area contributed by atoms with E-state index in [0.717, 1.165) is 25.4 Å². The number of nitrogens with one attached hydrogen (secondary N) is 1. The van der Waals surface area contributed by atoms with E-state index < -0.39 is 0 Å². The van der Waals surface area contributed by atoms with Gasteiger partial charge in [0.2, 0.25) is 0 Å². The molecule has 1 N–H and O–H groups in total. The molecule has 0 atom stereocenters. The summed E-state index contributed by atoms with van der Waals surface area (Å²) in [6.07, 6.45) is 6.46. The summed E-state index contributed by atoms with van der Waals surface area (Å²) in [4.78, 5) is 0. The van der Waals surface area contributed by atoms with Crippen molar-refractivity contribution in [1.29, 1.82) is 0 Å². The van der Waals surface area contributed by atoms with E-state index in [0.29, 0.717) is 0 Å². The number of ether oxygens (including phenoxy) is 2. The lowest BCUT2D eigenvalue weighted by Gasteiger charge is -2.39. The van der Waals surface area contributed by atoms with Gasteiger partial charge in [-0.2, -0.15) is 0 Å². The molecule has 1 aromatic carbocycles. The Morgan fingerprint density at radius 2 is 1.90 bits per heavy atom. The lowest BCUT2D eigenvalue weighted by Crippen LogP contribution is -2.41. The monoisotopic (exact) mass is 291 g/mol. The van der Waals surface area contributed by atoms with E-state index in [-0.39, 0.29) is 5.41 Å². The molecule has 3 nitrogen and oxygen atoms in total. The average Bonchev–Trinajstić information content (AvgIpc) is 2.52. The van der Waals surface area contributed by atoms with Gasteiger partial charge in [0.05, 0.1) is 13.7 Å². The number of rotatable bonds is 7. The highest BCUT2D eigenvalue weighted by molar-refractivity contribution is 5.43. The van der Waals surface area contributed by atoms with E-state index in [4.69, 9.17) is 9.47 Å². The van der Waals surface area contributed by atoms with Gasteiger partial charge in [0.15, 0.2) is 0 Å². The lowest BCUT2D eigenvalue weighted by atomic mass is 9.68. The molecular weight excluding hydrogens is 262 g/mol. The Labute approximate surface area is 129 Å². The SMILES string of the molecule is COCCNCC1(c2cc(C)ccc2OC)CCCCC1. The average molecular weight is 291 g/mol. The van der Waals surface area contributed by atoms with Crippen molar-refractivity contribution >= 4 is 0 Å². The van der Waals surface area contributed by atoms with Gasteiger partial charge in [-0.15, -0.1) is 0 Å². The third-order valence-corrected chi connectivity index (χ3v) is 4.68. The van der Waals surface area contributed by atoms with Gasteiger partial charge in [0.1, 0.15) is 5.75 Å². The number of benzene rings is 1. The second kappa shape index (κ2) is 7.81. The molecule has 1 aromatic rings. The molecule has 0 aromatic heterocycles. The Hall–Kier alpha value is -1.06. The third-order valence-electron chi connectivity index (χ3n) is 4.68. The maximum atomic E-state index is 5.65. The van der Waals surface area contributed by atoms with Gasteiger partial charge in [0.25, 0.3) is 0 Å². The fraction of sp³-hybridized carbons (Fsp3) is 0.667. The number of aryl methyl sites for hydroxylation is 1. The Kier molecular flexibility index (Phi) is 6.07. The molecule has 0 spiro atoms. The second-order valence-corrected chi connectivity index (χ2v) is 6.21. The fourth-order valence-electron chi connectivity index (χ4n) is 3.51. The summed E-state index contributed by atoms with van der Waals surface area (Å²) < 4.78 is 10.8. The molecule has 2 rings (SSSR count). The van der Waals surface area contributed by atoms with Crippen LogP contribution in [-0.2, 0) is 10.2 Å². The van der Waals surface area contributed by atoms with Crippen LogP contribution < -0.4 is 10.1 Å². The molecule has 1 saturated carbocycles. The smallest absolute Gasteiger partial charge is 0.122 e. The van der Waals surface area contributed by atoms with Crippen molar-refractivity contribution in [3.8, 4) is 5.75 Å². The Morgan fingerprint density at radius 1 is 1.14 bits per heavy atom. The largest absolute Gasteiger partial charge is 0.496 e. The van der Waals surface area contributed by atoms with Crippen LogP contribution in [0, 0.1) is 6.92 Å². The summed E-state index contributed by atoms with van der Waals surface area (Å²) in [6, 6.07) is 6.58. The highest BCUT2D eigenvalue weighted by atomic mass is 16.5. The molecule has 0 bridgehead atoms. The summed E-state index contributed by atoms with van der Waals surface area (Å²) in [5, 5.41) is 3.59. The van der Waals surface area contributed by atoms with Gasteiger partial charge in [-0.05, 0) is 25.8 Å². The number of methoxy groups -OCH3 is 2. The second-order valence-electron chi connectivity index (χ2n) is 6.21. The van der Waals surface area contributed by atoms with Crippen LogP contribution >= 0.6 is 0 Å². The first-order valence-electron chi connectivity index (χ1n) is 8.07. The third kappa shape index (κ3) is 3.98. The van der Waals surface area contributed by atoms with Gasteiger partial charge >= 0.3 is 0 Å². The molecular formula is C18H29NO2. The molecule has 0 aliphatic heterocycles. The van der Waals surface area contributed by atoms with E-state index in [2.05, 4.69) is 30.4 Å². The molecule has 1 aliphatic rings. The highest BCUT2D eigenvalue weighted by Gasteiger charge is 2.35. The quantitative estimate of drug-likeness (QED) is 0.781. The maximum absolute atomic E-state index is 5.65. The molecule has 0 heterocycles. The molecule has 0 radical (unpaired) electrons. The zero-order chi connectivity index (χ0) is 15.1. The van der Waals surface area contributed by atoms with E-state index in [1.54, 1.807) is 14.2 Å². The first kappa shape index (κ1) is 16.3. The Morgan fingerprint density at radius 3 is 2.57 bits per heavy atom. The van der Waals surface area contributed by atoms with Gasteiger partial charge in [-0.25, -0.2) is 0 Å². The van der Waals surface area contributed by atoms with Crippen LogP contribution in [0.4, 0.5) is 0 Å². The zero-order valence-electron chi connectivity index (χ0n) is 13.7. The highest BCUT2D eigenvalue weighted by Crippen LogP contribution is 2.43. The van der Waals surface area contributed by atoms with Crippen LogP contribution in [0.5, 0.6) is 5.75 Å². The van der Waals surface area contributed by atoms with Crippen LogP contribution in [0.1, 0.15) is 43.2 Å². The van der Waals surface area contributed by atoms with Crippen LogP contribution in [0.15, 0.2) is 18.2 Å². The standard InChI is InChI=1S/C18H29NO2/c1-15-7-8-17(21-3)16(13-15)18(9-5-4-6-10-18)14-19-11-12-20-2/h7-8,13,19H,4-6,9-12,14H2,1-3H3. The molecule has 1 fully saturated rings. The molecule has 21 heavy (non-hydrogen) atoms.